The van der Waals surface area contributed by atoms with Gasteiger partial charge in [-0.15, -0.1) is 11.3 Å². The van der Waals surface area contributed by atoms with Crippen molar-refractivity contribution in [2.75, 3.05) is 18.5 Å². The molecule has 1 atom stereocenters. The maximum atomic E-state index is 5.03. The first-order valence-electron chi connectivity index (χ1n) is 7.78. The Morgan fingerprint density at radius 2 is 2.11 bits per heavy atom. The van der Waals surface area contributed by atoms with Gasteiger partial charge < -0.3 is 10.2 Å². The molecule has 0 saturated heterocycles. The van der Waals surface area contributed by atoms with Crippen LogP contribution in [0.3, 0.4) is 0 Å². The molecule has 1 N–H and O–H groups in total. The predicted molar refractivity (Wildman–Crippen MR) is 79.9 cm³/mol. The zero-order valence-electron chi connectivity index (χ0n) is 11.7. The Balaban J connectivity index is 1.60. The number of thiazole rings is 1. The molecule has 0 bridgehead atoms. The molecule has 3 aliphatic carbocycles. The standard InChI is InChI=1S/C15H23N3S/c1-16-12-3-2-4-13-14(12)17-15(19-13)18(11-7-8-11)9-10-5-6-10/h10-12,16H,2-9H2,1H3. The quantitative estimate of drug-likeness (QED) is 0.896. The maximum Gasteiger partial charge on any atom is 0.186 e. The second kappa shape index (κ2) is 4.74. The van der Waals surface area contributed by atoms with Crippen molar-refractivity contribution in [1.82, 2.24) is 10.3 Å². The number of anilines is 1. The van der Waals surface area contributed by atoms with Crippen LogP contribution in [0.15, 0.2) is 0 Å². The number of hydrogen-bond donors (Lipinski definition) is 1. The summed E-state index contributed by atoms with van der Waals surface area (Å²) < 4.78 is 0. The number of fused-ring (bicyclic) bond motifs is 1. The van der Waals surface area contributed by atoms with Crippen molar-refractivity contribution in [3.8, 4) is 0 Å². The van der Waals surface area contributed by atoms with Gasteiger partial charge in [-0.3, -0.25) is 0 Å². The van der Waals surface area contributed by atoms with Gasteiger partial charge in [0.2, 0.25) is 0 Å². The van der Waals surface area contributed by atoms with Gasteiger partial charge >= 0.3 is 0 Å². The summed E-state index contributed by atoms with van der Waals surface area (Å²) >= 11 is 1.98. The SMILES string of the molecule is CNC1CCCc2sc(N(CC3CC3)C3CC3)nc21. The molecule has 1 heterocycles. The number of aromatic nitrogens is 1. The van der Waals surface area contributed by atoms with Crippen molar-refractivity contribution in [3.63, 3.8) is 0 Å². The van der Waals surface area contributed by atoms with Gasteiger partial charge in [0.05, 0.1) is 11.7 Å². The molecule has 4 rings (SSSR count). The van der Waals surface area contributed by atoms with Crippen LogP contribution in [0.4, 0.5) is 5.13 Å². The van der Waals surface area contributed by atoms with Crippen molar-refractivity contribution in [1.29, 1.82) is 0 Å². The van der Waals surface area contributed by atoms with Gasteiger partial charge in [-0.25, -0.2) is 4.98 Å². The van der Waals surface area contributed by atoms with Crippen molar-refractivity contribution < 1.29 is 0 Å². The summed E-state index contributed by atoms with van der Waals surface area (Å²) in [5.41, 5.74) is 1.36. The van der Waals surface area contributed by atoms with Crippen LogP contribution in [0.25, 0.3) is 0 Å². The van der Waals surface area contributed by atoms with Crippen LogP contribution in [0.2, 0.25) is 0 Å². The van der Waals surface area contributed by atoms with Crippen LogP contribution in [0.5, 0.6) is 0 Å². The van der Waals surface area contributed by atoms with E-state index >= 15 is 0 Å². The maximum absolute atomic E-state index is 5.03. The van der Waals surface area contributed by atoms with Gasteiger partial charge in [-0.05, 0) is 57.9 Å². The van der Waals surface area contributed by atoms with Crippen LogP contribution >= 0.6 is 11.3 Å². The van der Waals surface area contributed by atoms with Crippen LogP contribution in [0, 0.1) is 5.92 Å². The minimum Gasteiger partial charge on any atom is -0.345 e. The first-order chi connectivity index (χ1) is 9.35. The highest BCUT2D eigenvalue weighted by Gasteiger charge is 2.36. The molecule has 4 heteroatoms. The highest BCUT2D eigenvalue weighted by Crippen LogP contribution is 2.42. The van der Waals surface area contributed by atoms with Crippen molar-refractivity contribution in [2.24, 2.45) is 5.92 Å². The van der Waals surface area contributed by atoms with Gasteiger partial charge in [0.25, 0.3) is 0 Å². The number of nitrogens with zero attached hydrogens (tertiary/aromatic N) is 2. The predicted octanol–water partition coefficient (Wildman–Crippen LogP) is 3.12. The summed E-state index contributed by atoms with van der Waals surface area (Å²) in [5, 5.41) is 4.76. The number of aryl methyl sites for hydroxylation is 1. The molecule has 0 radical (unpaired) electrons. The highest BCUT2D eigenvalue weighted by molar-refractivity contribution is 7.15. The van der Waals surface area contributed by atoms with Gasteiger partial charge in [-0.2, -0.15) is 0 Å². The molecule has 3 aliphatic rings. The Morgan fingerprint density at radius 3 is 2.79 bits per heavy atom. The van der Waals surface area contributed by atoms with Gasteiger partial charge in [0.1, 0.15) is 0 Å². The highest BCUT2D eigenvalue weighted by atomic mass is 32.1. The Morgan fingerprint density at radius 1 is 1.26 bits per heavy atom. The average Bonchev–Trinajstić information content (AvgIpc) is 3.32. The second-order valence-corrected chi connectivity index (χ2v) is 7.43. The second-order valence-electron chi connectivity index (χ2n) is 6.37. The zero-order valence-corrected chi connectivity index (χ0v) is 12.5. The first-order valence-corrected chi connectivity index (χ1v) is 8.60. The molecule has 3 nitrogen and oxygen atoms in total. The number of nitrogens with one attached hydrogen (secondary N) is 1. The molecule has 19 heavy (non-hydrogen) atoms. The van der Waals surface area contributed by atoms with Crippen molar-refractivity contribution in [3.05, 3.63) is 10.6 Å². The third kappa shape index (κ3) is 2.40. The Kier molecular flexibility index (Phi) is 3.03. The lowest BCUT2D eigenvalue weighted by Crippen LogP contribution is -2.28. The van der Waals surface area contributed by atoms with E-state index in [2.05, 4.69) is 17.3 Å². The Bertz CT molecular complexity index is 462. The summed E-state index contributed by atoms with van der Waals surface area (Å²) in [7, 11) is 2.07. The number of rotatable bonds is 5. The molecule has 0 aliphatic heterocycles. The molecule has 2 saturated carbocycles. The fourth-order valence-electron chi connectivity index (χ4n) is 3.16. The van der Waals surface area contributed by atoms with Crippen LogP contribution < -0.4 is 10.2 Å². The van der Waals surface area contributed by atoms with E-state index in [1.165, 1.54) is 62.3 Å². The lowest BCUT2D eigenvalue weighted by atomic mass is 9.98. The van der Waals surface area contributed by atoms with E-state index in [-0.39, 0.29) is 0 Å². The summed E-state index contributed by atoms with van der Waals surface area (Å²) in [5.74, 6) is 0.960. The summed E-state index contributed by atoms with van der Waals surface area (Å²) in [6.45, 7) is 1.27. The zero-order chi connectivity index (χ0) is 12.8. The summed E-state index contributed by atoms with van der Waals surface area (Å²) in [6, 6.07) is 1.30. The third-order valence-corrected chi connectivity index (χ3v) is 5.84. The first kappa shape index (κ1) is 12.2. The van der Waals surface area contributed by atoms with Crippen LogP contribution in [-0.4, -0.2) is 24.6 Å². The molecule has 2 fully saturated rings. The van der Waals surface area contributed by atoms with Crippen LogP contribution in [-0.2, 0) is 6.42 Å². The monoisotopic (exact) mass is 277 g/mol. The van der Waals surface area contributed by atoms with Crippen molar-refractivity contribution in [2.45, 2.75) is 57.0 Å². The lowest BCUT2D eigenvalue weighted by molar-refractivity contribution is 0.489. The minimum atomic E-state index is 0.496. The normalized spacial score (nSPS) is 26.3. The topological polar surface area (TPSA) is 28.2 Å². The largest absolute Gasteiger partial charge is 0.345 e. The van der Waals surface area contributed by atoms with E-state index in [1.54, 1.807) is 4.88 Å². The molecule has 0 spiro atoms. The molecule has 0 aromatic carbocycles. The fraction of sp³-hybridized carbons (Fsp3) is 0.800. The summed E-state index contributed by atoms with van der Waals surface area (Å²) in [4.78, 5) is 9.20. The lowest BCUT2D eigenvalue weighted by Gasteiger charge is -2.21. The van der Waals surface area contributed by atoms with Gasteiger partial charge in [0, 0.05) is 17.5 Å². The summed E-state index contributed by atoms with van der Waals surface area (Å²) in [6.07, 6.45) is 9.44. The number of hydrogen-bond acceptors (Lipinski definition) is 4. The molecule has 1 aromatic heterocycles. The van der Waals surface area contributed by atoms with E-state index in [9.17, 15) is 0 Å². The minimum absolute atomic E-state index is 0.496. The van der Waals surface area contributed by atoms with E-state index in [0.29, 0.717) is 6.04 Å². The van der Waals surface area contributed by atoms with Crippen molar-refractivity contribution >= 4 is 16.5 Å². The fourth-order valence-corrected chi connectivity index (χ4v) is 4.40. The van der Waals surface area contributed by atoms with E-state index < -0.39 is 0 Å². The smallest absolute Gasteiger partial charge is 0.186 e. The average molecular weight is 277 g/mol. The molecule has 1 unspecified atom stereocenters. The van der Waals surface area contributed by atoms with Crippen LogP contribution in [0.1, 0.15) is 55.1 Å². The van der Waals surface area contributed by atoms with E-state index in [4.69, 9.17) is 4.98 Å². The molecular weight excluding hydrogens is 254 g/mol. The van der Waals surface area contributed by atoms with Gasteiger partial charge in [-0.1, -0.05) is 0 Å². The van der Waals surface area contributed by atoms with E-state index in [0.717, 1.165) is 12.0 Å². The Labute approximate surface area is 119 Å². The molecule has 1 aromatic rings. The molecular formula is C15H23N3S. The van der Waals surface area contributed by atoms with Gasteiger partial charge in [0.15, 0.2) is 5.13 Å². The molecule has 0 amide bonds. The third-order valence-electron chi connectivity index (χ3n) is 4.68. The van der Waals surface area contributed by atoms with E-state index in [1.807, 2.05) is 11.3 Å². The molecule has 104 valence electrons. The Hall–Kier alpha value is -0.610.